The summed E-state index contributed by atoms with van der Waals surface area (Å²) in [6, 6.07) is 12.1. The van der Waals surface area contributed by atoms with Gasteiger partial charge in [-0.2, -0.15) is 5.10 Å². The van der Waals surface area contributed by atoms with Crippen LogP contribution in [0.2, 0.25) is 0 Å². The van der Waals surface area contributed by atoms with Gasteiger partial charge in [0.2, 0.25) is 0 Å². The van der Waals surface area contributed by atoms with Gasteiger partial charge in [0.25, 0.3) is 5.91 Å². The molecule has 2 rings (SSSR count). The Morgan fingerprint density at radius 2 is 1.95 bits per heavy atom. The Bertz CT molecular complexity index is 668. The van der Waals surface area contributed by atoms with Crippen molar-refractivity contribution < 1.29 is 14.3 Å². The van der Waals surface area contributed by atoms with E-state index in [1.165, 1.54) is 30.3 Å². The number of rotatable bonds is 3. The third kappa shape index (κ3) is 3.20. The Morgan fingerprint density at radius 1 is 1.20 bits per heavy atom. The number of hydrazone groups is 1. The van der Waals surface area contributed by atoms with Crippen LogP contribution in [-0.2, 0) is 0 Å². The molecule has 0 saturated heterocycles. The molecule has 2 N–H and O–H groups in total. The summed E-state index contributed by atoms with van der Waals surface area (Å²) >= 11 is 0. The predicted octanol–water partition coefficient (Wildman–Crippen LogP) is 2.69. The number of carbonyl (C=O) groups is 1. The van der Waals surface area contributed by atoms with Gasteiger partial charge < -0.3 is 5.11 Å². The zero-order valence-electron chi connectivity index (χ0n) is 10.8. The van der Waals surface area contributed by atoms with Crippen molar-refractivity contribution in [2.24, 2.45) is 5.10 Å². The molecule has 0 aliphatic carbocycles. The SMILES string of the molecule is C/C(=N\NC(=O)c1ccccc1F)c1cccc(O)c1. The van der Waals surface area contributed by atoms with Crippen LogP contribution in [0.25, 0.3) is 0 Å². The van der Waals surface area contributed by atoms with Crippen molar-refractivity contribution in [1.29, 1.82) is 0 Å². The van der Waals surface area contributed by atoms with Crippen LogP contribution >= 0.6 is 0 Å². The van der Waals surface area contributed by atoms with Crippen LogP contribution in [0.3, 0.4) is 0 Å². The maximum atomic E-state index is 13.4. The first-order valence-electron chi connectivity index (χ1n) is 5.96. The third-order valence-corrected chi connectivity index (χ3v) is 2.71. The molecule has 4 nitrogen and oxygen atoms in total. The molecule has 102 valence electrons. The van der Waals surface area contributed by atoms with Crippen molar-refractivity contribution in [1.82, 2.24) is 5.43 Å². The summed E-state index contributed by atoms with van der Waals surface area (Å²) in [6.07, 6.45) is 0. The van der Waals surface area contributed by atoms with Crippen LogP contribution in [0.4, 0.5) is 4.39 Å². The molecule has 20 heavy (non-hydrogen) atoms. The predicted molar refractivity (Wildman–Crippen MR) is 74.2 cm³/mol. The molecular formula is C15H13FN2O2. The summed E-state index contributed by atoms with van der Waals surface area (Å²) in [5.41, 5.74) is 3.39. The van der Waals surface area contributed by atoms with Gasteiger partial charge >= 0.3 is 0 Å². The van der Waals surface area contributed by atoms with Crippen LogP contribution in [0.15, 0.2) is 53.6 Å². The van der Waals surface area contributed by atoms with Crippen LogP contribution in [0, 0.1) is 5.82 Å². The van der Waals surface area contributed by atoms with Gasteiger partial charge in [0.1, 0.15) is 11.6 Å². The summed E-state index contributed by atoms with van der Waals surface area (Å²) in [4.78, 5) is 11.8. The number of carbonyl (C=O) groups excluding carboxylic acids is 1. The lowest BCUT2D eigenvalue weighted by Gasteiger charge is -2.04. The van der Waals surface area contributed by atoms with Gasteiger partial charge in [-0.15, -0.1) is 0 Å². The maximum absolute atomic E-state index is 13.4. The van der Waals surface area contributed by atoms with E-state index >= 15 is 0 Å². The van der Waals surface area contributed by atoms with Crippen molar-refractivity contribution >= 4 is 11.6 Å². The average molecular weight is 272 g/mol. The standard InChI is InChI=1S/C15H13FN2O2/c1-10(11-5-4-6-12(19)9-11)17-18-15(20)13-7-2-3-8-14(13)16/h2-9,19H,1H3,(H,18,20)/b17-10+. The second-order valence-electron chi connectivity index (χ2n) is 4.17. The maximum Gasteiger partial charge on any atom is 0.274 e. The summed E-state index contributed by atoms with van der Waals surface area (Å²) in [7, 11) is 0. The fraction of sp³-hybridized carbons (Fsp3) is 0.0667. The van der Waals surface area contributed by atoms with Gasteiger partial charge in [-0.25, -0.2) is 9.82 Å². The fourth-order valence-electron chi connectivity index (χ4n) is 1.64. The molecule has 0 spiro atoms. The van der Waals surface area contributed by atoms with Gasteiger partial charge in [0, 0.05) is 5.56 Å². The molecule has 0 aliphatic heterocycles. The van der Waals surface area contributed by atoms with Crippen LogP contribution in [0.5, 0.6) is 5.75 Å². The van der Waals surface area contributed by atoms with Crippen molar-refractivity contribution in [3.05, 3.63) is 65.5 Å². The van der Waals surface area contributed by atoms with Crippen LogP contribution in [-0.4, -0.2) is 16.7 Å². The second kappa shape index (κ2) is 5.97. The molecular weight excluding hydrogens is 259 g/mol. The Labute approximate surface area is 115 Å². The molecule has 2 aromatic carbocycles. The second-order valence-corrected chi connectivity index (χ2v) is 4.17. The van der Waals surface area contributed by atoms with E-state index in [1.54, 1.807) is 25.1 Å². The van der Waals surface area contributed by atoms with E-state index in [0.717, 1.165) is 0 Å². The van der Waals surface area contributed by atoms with E-state index in [4.69, 9.17) is 0 Å². The average Bonchev–Trinajstić information content (AvgIpc) is 2.45. The topological polar surface area (TPSA) is 61.7 Å². The largest absolute Gasteiger partial charge is 0.508 e. The smallest absolute Gasteiger partial charge is 0.274 e. The van der Waals surface area contributed by atoms with Gasteiger partial charge in [-0.05, 0) is 31.2 Å². The number of phenols is 1. The first kappa shape index (κ1) is 13.7. The van der Waals surface area contributed by atoms with E-state index in [-0.39, 0.29) is 11.3 Å². The fourth-order valence-corrected chi connectivity index (χ4v) is 1.64. The number of phenolic OH excluding ortho intramolecular Hbond substituents is 1. The Kier molecular flexibility index (Phi) is 4.10. The van der Waals surface area contributed by atoms with Crippen molar-refractivity contribution in [2.75, 3.05) is 0 Å². The normalized spacial score (nSPS) is 11.2. The molecule has 1 amide bonds. The molecule has 0 heterocycles. The van der Waals surface area contributed by atoms with Gasteiger partial charge in [0.15, 0.2) is 0 Å². The number of halogens is 1. The molecule has 0 fully saturated rings. The minimum absolute atomic E-state index is 0.0695. The number of hydrogen-bond donors (Lipinski definition) is 2. The Balaban J connectivity index is 2.13. The number of nitrogens with one attached hydrogen (secondary N) is 1. The van der Waals surface area contributed by atoms with Gasteiger partial charge in [-0.1, -0.05) is 24.3 Å². The molecule has 0 atom stereocenters. The lowest BCUT2D eigenvalue weighted by Crippen LogP contribution is -2.20. The lowest BCUT2D eigenvalue weighted by molar-refractivity contribution is 0.0951. The van der Waals surface area contributed by atoms with Crippen molar-refractivity contribution in [3.8, 4) is 5.75 Å². The first-order chi connectivity index (χ1) is 9.58. The summed E-state index contributed by atoms with van der Waals surface area (Å²) in [5.74, 6) is -1.12. The molecule has 0 aliphatic rings. The van der Waals surface area contributed by atoms with E-state index in [9.17, 15) is 14.3 Å². The molecule has 0 aromatic heterocycles. The Morgan fingerprint density at radius 3 is 2.65 bits per heavy atom. The number of amides is 1. The number of benzene rings is 2. The van der Waals surface area contributed by atoms with Gasteiger partial charge in [0.05, 0.1) is 11.3 Å². The molecule has 0 bridgehead atoms. The highest BCUT2D eigenvalue weighted by Crippen LogP contribution is 2.11. The van der Waals surface area contributed by atoms with E-state index in [0.29, 0.717) is 11.3 Å². The lowest BCUT2D eigenvalue weighted by atomic mass is 10.1. The summed E-state index contributed by atoms with van der Waals surface area (Å²) < 4.78 is 13.4. The van der Waals surface area contributed by atoms with Crippen LogP contribution < -0.4 is 5.43 Å². The summed E-state index contributed by atoms with van der Waals surface area (Å²) in [5, 5.41) is 13.3. The van der Waals surface area contributed by atoms with E-state index < -0.39 is 11.7 Å². The molecule has 0 radical (unpaired) electrons. The molecule has 5 heteroatoms. The summed E-state index contributed by atoms with van der Waals surface area (Å²) in [6.45, 7) is 1.68. The monoisotopic (exact) mass is 272 g/mol. The molecule has 2 aromatic rings. The number of nitrogens with zero attached hydrogens (tertiary/aromatic N) is 1. The quantitative estimate of drug-likeness (QED) is 0.666. The molecule has 0 unspecified atom stereocenters. The highest BCUT2D eigenvalue weighted by molar-refractivity contribution is 6.01. The molecule has 0 saturated carbocycles. The zero-order chi connectivity index (χ0) is 14.5. The number of hydrogen-bond acceptors (Lipinski definition) is 3. The highest BCUT2D eigenvalue weighted by Gasteiger charge is 2.09. The van der Waals surface area contributed by atoms with E-state index in [2.05, 4.69) is 10.5 Å². The highest BCUT2D eigenvalue weighted by atomic mass is 19.1. The van der Waals surface area contributed by atoms with Crippen molar-refractivity contribution in [3.63, 3.8) is 0 Å². The minimum Gasteiger partial charge on any atom is -0.508 e. The third-order valence-electron chi connectivity index (χ3n) is 2.71. The van der Waals surface area contributed by atoms with Crippen LogP contribution in [0.1, 0.15) is 22.8 Å². The number of aromatic hydroxyl groups is 1. The van der Waals surface area contributed by atoms with Gasteiger partial charge in [-0.3, -0.25) is 4.79 Å². The van der Waals surface area contributed by atoms with E-state index in [1.807, 2.05) is 0 Å². The minimum atomic E-state index is -0.623. The Hall–Kier alpha value is -2.69. The zero-order valence-corrected chi connectivity index (χ0v) is 10.8. The first-order valence-corrected chi connectivity index (χ1v) is 5.96. The van der Waals surface area contributed by atoms with Crippen molar-refractivity contribution in [2.45, 2.75) is 6.92 Å².